The van der Waals surface area contributed by atoms with E-state index in [0.29, 0.717) is 19.3 Å². The molecule has 2 fully saturated rings. The highest BCUT2D eigenvalue weighted by Crippen LogP contribution is 2.63. The van der Waals surface area contributed by atoms with Crippen molar-refractivity contribution >= 4 is 18.0 Å². The number of carboxylic acid groups (broad SMARTS) is 1. The second-order valence-electron chi connectivity index (χ2n) is 9.68. The number of rotatable bonds is 8. The average molecular weight is 484 g/mol. The van der Waals surface area contributed by atoms with Crippen LogP contribution in [0.3, 0.4) is 0 Å². The van der Waals surface area contributed by atoms with Gasteiger partial charge in [0.1, 0.15) is 12.6 Å². The minimum Gasteiger partial charge on any atom is -0.481 e. The van der Waals surface area contributed by atoms with E-state index in [1.165, 1.54) is 0 Å². The van der Waals surface area contributed by atoms with Crippen LogP contribution in [0.1, 0.15) is 42.7 Å². The van der Waals surface area contributed by atoms with Crippen LogP contribution in [-0.4, -0.2) is 48.2 Å². The first-order valence-electron chi connectivity index (χ1n) is 11.7. The van der Waals surface area contributed by atoms with Crippen molar-refractivity contribution in [3.05, 3.63) is 59.7 Å². The van der Waals surface area contributed by atoms with Crippen molar-refractivity contribution in [1.82, 2.24) is 10.6 Å². The fourth-order valence-corrected chi connectivity index (χ4v) is 5.75. The molecule has 3 N–H and O–H groups in total. The number of carbonyl (C=O) groups is 3. The first-order chi connectivity index (χ1) is 16.8. The summed E-state index contributed by atoms with van der Waals surface area (Å²) in [5.74, 6) is -1.71. The zero-order chi connectivity index (χ0) is 24.7. The lowest BCUT2D eigenvalue weighted by Gasteiger charge is -2.21. The van der Waals surface area contributed by atoms with E-state index in [4.69, 9.17) is 4.74 Å². The maximum Gasteiger partial charge on any atom is 0.407 e. The highest BCUT2D eigenvalue weighted by Gasteiger charge is 2.65. The summed E-state index contributed by atoms with van der Waals surface area (Å²) in [5.41, 5.74) is 3.32. The highest BCUT2D eigenvalue weighted by molar-refractivity contribution is 5.81. The maximum atomic E-state index is 13.6. The van der Waals surface area contributed by atoms with Gasteiger partial charge in [-0.25, -0.2) is 13.6 Å². The lowest BCUT2D eigenvalue weighted by Crippen LogP contribution is -2.45. The Balaban J connectivity index is 1.15. The number of carbonyl (C=O) groups excluding carboxylic acids is 2. The predicted molar refractivity (Wildman–Crippen MR) is 122 cm³/mol. The molecule has 1 unspecified atom stereocenters. The van der Waals surface area contributed by atoms with Crippen LogP contribution in [0.2, 0.25) is 0 Å². The van der Waals surface area contributed by atoms with Crippen LogP contribution in [0, 0.1) is 11.3 Å². The van der Waals surface area contributed by atoms with Crippen molar-refractivity contribution in [2.45, 2.75) is 50.1 Å². The third kappa shape index (κ3) is 4.35. The van der Waals surface area contributed by atoms with Crippen LogP contribution >= 0.6 is 0 Å². The van der Waals surface area contributed by atoms with Crippen LogP contribution < -0.4 is 10.6 Å². The second kappa shape index (κ2) is 8.94. The van der Waals surface area contributed by atoms with Gasteiger partial charge < -0.3 is 20.5 Å². The molecule has 4 atom stereocenters. The average Bonchev–Trinajstić information content (AvgIpc) is 3.26. The van der Waals surface area contributed by atoms with Gasteiger partial charge in [0.2, 0.25) is 5.91 Å². The summed E-state index contributed by atoms with van der Waals surface area (Å²) >= 11 is 0. The van der Waals surface area contributed by atoms with Crippen molar-refractivity contribution in [1.29, 1.82) is 0 Å². The van der Waals surface area contributed by atoms with Crippen molar-refractivity contribution < 1.29 is 33.0 Å². The van der Waals surface area contributed by atoms with Gasteiger partial charge in [0.05, 0.1) is 11.8 Å². The van der Waals surface area contributed by atoms with Crippen LogP contribution in [0.15, 0.2) is 48.5 Å². The highest BCUT2D eigenvalue weighted by atomic mass is 19.3. The molecule has 3 aliphatic rings. The van der Waals surface area contributed by atoms with Crippen molar-refractivity contribution in [2.75, 3.05) is 6.61 Å². The van der Waals surface area contributed by atoms with E-state index in [0.717, 1.165) is 22.3 Å². The Labute approximate surface area is 200 Å². The number of amides is 2. The van der Waals surface area contributed by atoms with Crippen LogP contribution in [0.4, 0.5) is 13.6 Å². The molecule has 0 heterocycles. The molecule has 0 spiro atoms. The van der Waals surface area contributed by atoms with Crippen LogP contribution in [0.5, 0.6) is 0 Å². The standard InChI is InChI=1S/C26H26F2N2O5/c27-23(28)21(10-22(31)29-15-9-14-11-26(14,12-15)24(32)33)30-25(34)35-13-20-18-7-3-1-5-16(18)17-6-2-4-8-19(17)20/h1-8,14-15,20-21,23H,9-13H2,(H,29,31)(H,30,34)(H,32,33)/t14-,15+,21?,26+/m0/s1. The molecule has 2 aromatic rings. The minimum atomic E-state index is -2.97. The van der Waals surface area contributed by atoms with Gasteiger partial charge in [-0.05, 0) is 47.4 Å². The quantitative estimate of drug-likeness (QED) is 0.527. The Bertz CT molecular complexity index is 1130. The number of fused-ring (bicyclic) bond motifs is 4. The molecule has 3 aliphatic carbocycles. The summed E-state index contributed by atoms with van der Waals surface area (Å²) in [4.78, 5) is 36.1. The zero-order valence-electron chi connectivity index (χ0n) is 18.9. The van der Waals surface area contributed by atoms with E-state index in [9.17, 15) is 28.3 Å². The molecule has 7 nitrogen and oxygen atoms in total. The summed E-state index contributed by atoms with van der Waals surface area (Å²) in [6, 6.07) is 13.5. The van der Waals surface area contributed by atoms with Gasteiger partial charge in [0.15, 0.2) is 0 Å². The van der Waals surface area contributed by atoms with Crippen molar-refractivity contribution in [2.24, 2.45) is 11.3 Å². The maximum absolute atomic E-state index is 13.6. The molecule has 9 heteroatoms. The van der Waals surface area contributed by atoms with Crippen molar-refractivity contribution in [3.63, 3.8) is 0 Å². The Morgan fingerprint density at radius 3 is 2.23 bits per heavy atom. The number of halogens is 2. The van der Waals surface area contributed by atoms with Gasteiger partial charge in [-0.2, -0.15) is 0 Å². The number of benzene rings is 2. The van der Waals surface area contributed by atoms with Gasteiger partial charge in [-0.3, -0.25) is 9.59 Å². The smallest absolute Gasteiger partial charge is 0.407 e. The van der Waals surface area contributed by atoms with E-state index >= 15 is 0 Å². The number of nitrogens with one attached hydrogen (secondary N) is 2. The lowest BCUT2D eigenvalue weighted by atomic mass is 9.98. The number of carboxylic acids is 1. The monoisotopic (exact) mass is 484 g/mol. The molecule has 0 aliphatic heterocycles. The molecule has 2 amide bonds. The number of alkyl halides is 2. The third-order valence-electron chi connectivity index (χ3n) is 7.56. The number of aliphatic carboxylic acids is 1. The topological polar surface area (TPSA) is 105 Å². The molecule has 35 heavy (non-hydrogen) atoms. The first-order valence-corrected chi connectivity index (χ1v) is 11.7. The van der Waals surface area contributed by atoms with Crippen LogP contribution in [0.25, 0.3) is 11.1 Å². The molecule has 184 valence electrons. The molecule has 5 rings (SSSR count). The summed E-state index contributed by atoms with van der Waals surface area (Å²) < 4.78 is 32.5. The van der Waals surface area contributed by atoms with Crippen LogP contribution in [-0.2, 0) is 14.3 Å². The number of hydrogen-bond donors (Lipinski definition) is 3. The van der Waals surface area contributed by atoms with Gasteiger partial charge in [-0.15, -0.1) is 0 Å². The summed E-state index contributed by atoms with van der Waals surface area (Å²) in [7, 11) is 0. The Morgan fingerprint density at radius 1 is 1.03 bits per heavy atom. The normalized spacial score (nSPS) is 24.8. The number of ether oxygens (including phenoxy) is 1. The van der Waals surface area contributed by atoms with Gasteiger partial charge in [0.25, 0.3) is 6.43 Å². The molecule has 0 bridgehead atoms. The predicted octanol–water partition coefficient (Wildman–Crippen LogP) is 3.92. The van der Waals surface area contributed by atoms with E-state index in [1.54, 1.807) is 0 Å². The molecular weight excluding hydrogens is 458 g/mol. The number of hydrogen-bond acceptors (Lipinski definition) is 4. The molecule has 2 aromatic carbocycles. The van der Waals surface area contributed by atoms with Crippen molar-refractivity contribution in [3.8, 4) is 11.1 Å². The Hall–Kier alpha value is -3.49. The third-order valence-corrected chi connectivity index (χ3v) is 7.56. The molecule has 0 saturated heterocycles. The SMILES string of the molecule is O=C(CC(NC(=O)OCC1c2ccccc2-c2ccccc21)C(F)F)N[C@@H]1C[C@H]2C[C@@]2(C(=O)O)C1. The van der Waals surface area contributed by atoms with E-state index in [2.05, 4.69) is 10.6 Å². The summed E-state index contributed by atoms with van der Waals surface area (Å²) in [6.45, 7) is -0.0251. The largest absolute Gasteiger partial charge is 0.481 e. The summed E-state index contributed by atoms with van der Waals surface area (Å²) in [6.07, 6.45) is -3.18. The Kier molecular flexibility index (Phi) is 5.94. The second-order valence-corrected chi connectivity index (χ2v) is 9.68. The molecular formula is C26H26F2N2O5. The molecule has 0 aromatic heterocycles. The van der Waals surface area contributed by atoms with Gasteiger partial charge >= 0.3 is 12.1 Å². The lowest BCUT2D eigenvalue weighted by molar-refractivity contribution is -0.143. The van der Waals surface area contributed by atoms with E-state index in [1.807, 2.05) is 48.5 Å². The van der Waals surface area contributed by atoms with Gasteiger partial charge in [0, 0.05) is 12.0 Å². The zero-order valence-corrected chi connectivity index (χ0v) is 18.9. The Morgan fingerprint density at radius 2 is 1.66 bits per heavy atom. The fourth-order valence-electron chi connectivity index (χ4n) is 5.75. The first kappa shape index (κ1) is 23.3. The molecule has 0 radical (unpaired) electrons. The van der Waals surface area contributed by atoms with Gasteiger partial charge in [-0.1, -0.05) is 48.5 Å². The van der Waals surface area contributed by atoms with E-state index in [-0.39, 0.29) is 24.5 Å². The minimum absolute atomic E-state index is 0.0233. The number of alkyl carbamates (subject to hydrolysis) is 1. The molecule has 2 saturated carbocycles. The summed E-state index contributed by atoms with van der Waals surface area (Å²) in [5, 5.41) is 14.1. The fraction of sp³-hybridized carbons (Fsp3) is 0.423. The van der Waals surface area contributed by atoms with E-state index < -0.39 is 42.3 Å².